The molecule has 0 heterocycles. The number of halogens is 2. The summed E-state index contributed by atoms with van der Waals surface area (Å²) < 4.78 is 31.4. The molecule has 2 aromatic carbocycles. The van der Waals surface area contributed by atoms with Crippen molar-refractivity contribution in [2.45, 2.75) is 70.5 Å². The van der Waals surface area contributed by atoms with Crippen LogP contribution in [0.5, 0.6) is 5.75 Å². The molecule has 3 rings (SSSR count). The normalized spacial score (nSPS) is 14.9. The number of hydrogen-bond acceptors (Lipinski definition) is 5. The molecule has 0 aromatic heterocycles. The molecule has 0 bridgehead atoms. The lowest BCUT2D eigenvalue weighted by Gasteiger charge is -2.31. The summed E-state index contributed by atoms with van der Waals surface area (Å²) in [5.41, 5.74) is 1.23. The number of hydrogen-bond donors (Lipinski definition) is 1. The first-order valence-corrected chi connectivity index (χ1v) is 15.8. The van der Waals surface area contributed by atoms with Gasteiger partial charge < -0.3 is 15.0 Å². The molecule has 0 saturated heterocycles. The minimum Gasteiger partial charge on any atom is -0.497 e. The smallest absolute Gasteiger partial charge is 0.242 e. The third-order valence-electron chi connectivity index (χ3n) is 6.97. The van der Waals surface area contributed by atoms with Gasteiger partial charge in [-0.2, -0.15) is 0 Å². The number of anilines is 1. The fraction of sp³-hybridized carbons (Fsp3) is 0.500. The summed E-state index contributed by atoms with van der Waals surface area (Å²) in [6, 6.07) is 11.2. The molecule has 0 aliphatic heterocycles. The molecule has 1 aliphatic carbocycles. The van der Waals surface area contributed by atoms with E-state index in [4.69, 9.17) is 27.9 Å². The minimum absolute atomic E-state index is 0.0601. The Hall–Kier alpha value is -2.49. The van der Waals surface area contributed by atoms with E-state index >= 15 is 0 Å². The molecule has 1 fully saturated rings. The lowest BCUT2D eigenvalue weighted by Crippen LogP contribution is -2.50. The summed E-state index contributed by atoms with van der Waals surface area (Å²) in [4.78, 5) is 28.2. The van der Waals surface area contributed by atoms with Gasteiger partial charge in [-0.3, -0.25) is 13.9 Å². The number of sulfonamides is 1. The van der Waals surface area contributed by atoms with Gasteiger partial charge in [0.2, 0.25) is 21.8 Å². The van der Waals surface area contributed by atoms with Crippen molar-refractivity contribution >= 4 is 50.7 Å². The van der Waals surface area contributed by atoms with Gasteiger partial charge >= 0.3 is 0 Å². The molecular weight excluding hydrogens is 561 g/mol. The number of amides is 2. The molecule has 2 aromatic rings. The third kappa shape index (κ3) is 9.01. The highest BCUT2D eigenvalue weighted by Gasteiger charge is 2.28. The Labute approximate surface area is 241 Å². The van der Waals surface area contributed by atoms with E-state index in [1.165, 1.54) is 22.7 Å². The number of nitrogens with zero attached hydrogens (tertiary/aromatic N) is 2. The highest BCUT2D eigenvalue weighted by atomic mass is 35.5. The van der Waals surface area contributed by atoms with Crippen LogP contribution in [0.3, 0.4) is 0 Å². The average Bonchev–Trinajstić information content (AvgIpc) is 2.91. The number of methoxy groups -OCH3 is 1. The quantitative estimate of drug-likeness (QED) is 0.352. The maximum Gasteiger partial charge on any atom is 0.242 e. The SMILES string of the molecule is COc1ccc(N(CCCC(=O)N(Cc2ccc(Cl)c(Cl)c2)[C@H](C)C(=O)NC2CCCCC2)S(C)(=O)=O)cc1. The minimum atomic E-state index is -3.58. The van der Waals surface area contributed by atoms with E-state index in [2.05, 4.69) is 5.32 Å². The van der Waals surface area contributed by atoms with Crippen molar-refractivity contribution in [2.24, 2.45) is 0 Å². The summed E-state index contributed by atoms with van der Waals surface area (Å²) >= 11 is 12.3. The molecule has 214 valence electrons. The van der Waals surface area contributed by atoms with Gasteiger partial charge in [0.15, 0.2) is 0 Å². The van der Waals surface area contributed by atoms with Crippen LogP contribution in [0.15, 0.2) is 42.5 Å². The zero-order valence-electron chi connectivity index (χ0n) is 22.7. The van der Waals surface area contributed by atoms with Crippen LogP contribution in [-0.2, 0) is 26.2 Å². The second-order valence-corrected chi connectivity index (χ2v) is 12.6. The summed E-state index contributed by atoms with van der Waals surface area (Å²) in [7, 11) is -2.05. The van der Waals surface area contributed by atoms with Gasteiger partial charge in [0.05, 0.1) is 29.1 Å². The van der Waals surface area contributed by atoms with E-state index in [0.29, 0.717) is 21.5 Å². The number of carbonyl (C=O) groups is 2. The zero-order valence-corrected chi connectivity index (χ0v) is 25.0. The van der Waals surface area contributed by atoms with E-state index < -0.39 is 16.1 Å². The predicted molar refractivity (Wildman–Crippen MR) is 156 cm³/mol. The van der Waals surface area contributed by atoms with Crippen molar-refractivity contribution in [2.75, 3.05) is 24.2 Å². The van der Waals surface area contributed by atoms with Crippen LogP contribution >= 0.6 is 23.2 Å². The number of nitrogens with one attached hydrogen (secondary N) is 1. The van der Waals surface area contributed by atoms with Gasteiger partial charge in [-0.1, -0.05) is 48.5 Å². The maximum absolute atomic E-state index is 13.5. The molecule has 0 radical (unpaired) electrons. The summed E-state index contributed by atoms with van der Waals surface area (Å²) in [5.74, 6) is 0.155. The fourth-order valence-electron chi connectivity index (χ4n) is 4.74. The molecule has 0 spiro atoms. The maximum atomic E-state index is 13.5. The summed E-state index contributed by atoms with van der Waals surface area (Å²) in [5, 5.41) is 3.88. The molecular formula is C28H37Cl2N3O5S. The van der Waals surface area contributed by atoms with Crippen LogP contribution < -0.4 is 14.4 Å². The van der Waals surface area contributed by atoms with Crippen molar-refractivity contribution in [3.63, 3.8) is 0 Å². The summed E-state index contributed by atoms with van der Waals surface area (Å²) in [6.45, 7) is 2.00. The topological polar surface area (TPSA) is 96.0 Å². The van der Waals surface area contributed by atoms with Crippen LogP contribution in [-0.4, -0.2) is 57.1 Å². The first-order chi connectivity index (χ1) is 18.5. The largest absolute Gasteiger partial charge is 0.497 e. The van der Waals surface area contributed by atoms with Crippen LogP contribution in [0.25, 0.3) is 0 Å². The second kappa shape index (κ2) is 14.2. The predicted octanol–water partition coefficient (Wildman–Crippen LogP) is 5.41. The van der Waals surface area contributed by atoms with Crippen molar-refractivity contribution in [1.82, 2.24) is 10.2 Å². The number of ether oxygens (including phenoxy) is 1. The first kappa shape index (κ1) is 31.0. The van der Waals surface area contributed by atoms with Crippen LogP contribution in [0.4, 0.5) is 5.69 Å². The lowest BCUT2D eigenvalue weighted by atomic mass is 9.95. The highest BCUT2D eigenvalue weighted by Crippen LogP contribution is 2.25. The lowest BCUT2D eigenvalue weighted by molar-refractivity contribution is -0.141. The van der Waals surface area contributed by atoms with E-state index in [0.717, 1.165) is 37.5 Å². The Balaban J connectivity index is 1.73. The van der Waals surface area contributed by atoms with Crippen molar-refractivity contribution in [3.05, 3.63) is 58.1 Å². The molecule has 39 heavy (non-hydrogen) atoms. The Morgan fingerprint density at radius 3 is 2.31 bits per heavy atom. The second-order valence-electron chi connectivity index (χ2n) is 9.93. The standard InChI is InChI=1S/C28H37Cl2N3O5S/c1-20(28(35)31-22-8-5-4-6-9-22)32(19-21-11-16-25(29)26(30)18-21)27(34)10-7-17-33(39(3,36)37)23-12-14-24(38-2)15-13-23/h11-16,18,20,22H,4-10,17,19H2,1-3H3,(H,31,35)/t20-/m1/s1. The molecule has 1 atom stereocenters. The zero-order chi connectivity index (χ0) is 28.6. The van der Waals surface area contributed by atoms with Gasteiger partial charge in [-0.25, -0.2) is 8.42 Å². The van der Waals surface area contributed by atoms with Gasteiger partial charge in [0.1, 0.15) is 11.8 Å². The fourth-order valence-corrected chi connectivity index (χ4v) is 6.02. The van der Waals surface area contributed by atoms with Crippen molar-refractivity contribution in [1.29, 1.82) is 0 Å². The van der Waals surface area contributed by atoms with Crippen LogP contribution in [0.1, 0.15) is 57.4 Å². The molecule has 1 saturated carbocycles. The number of rotatable bonds is 12. The Bertz CT molecular complexity index is 1230. The number of benzene rings is 2. The molecule has 2 amide bonds. The van der Waals surface area contributed by atoms with E-state index in [9.17, 15) is 18.0 Å². The highest BCUT2D eigenvalue weighted by molar-refractivity contribution is 7.92. The first-order valence-electron chi connectivity index (χ1n) is 13.1. The molecule has 11 heteroatoms. The third-order valence-corrected chi connectivity index (χ3v) is 8.90. The molecule has 1 N–H and O–H groups in total. The van der Waals surface area contributed by atoms with Crippen LogP contribution in [0, 0.1) is 0 Å². The molecule has 8 nitrogen and oxygen atoms in total. The van der Waals surface area contributed by atoms with Gasteiger partial charge in [-0.15, -0.1) is 0 Å². The van der Waals surface area contributed by atoms with E-state index in [-0.39, 0.29) is 43.8 Å². The van der Waals surface area contributed by atoms with Crippen molar-refractivity contribution < 1.29 is 22.7 Å². The van der Waals surface area contributed by atoms with Gasteiger partial charge in [0.25, 0.3) is 0 Å². The molecule has 1 aliphatic rings. The van der Waals surface area contributed by atoms with E-state index in [1.54, 1.807) is 49.4 Å². The Kier molecular flexibility index (Phi) is 11.3. The summed E-state index contributed by atoms with van der Waals surface area (Å²) in [6.07, 6.45) is 6.67. The van der Waals surface area contributed by atoms with Gasteiger partial charge in [-0.05, 0) is 68.1 Å². The Morgan fingerprint density at radius 2 is 1.72 bits per heavy atom. The van der Waals surface area contributed by atoms with Gasteiger partial charge in [0, 0.05) is 25.6 Å². The number of carbonyl (C=O) groups excluding carboxylic acids is 2. The Morgan fingerprint density at radius 1 is 1.05 bits per heavy atom. The monoisotopic (exact) mass is 597 g/mol. The van der Waals surface area contributed by atoms with Crippen LogP contribution in [0.2, 0.25) is 10.0 Å². The van der Waals surface area contributed by atoms with E-state index in [1.807, 2.05) is 0 Å². The molecule has 0 unspecified atom stereocenters. The van der Waals surface area contributed by atoms with Crippen molar-refractivity contribution in [3.8, 4) is 5.75 Å². The average molecular weight is 599 g/mol.